The van der Waals surface area contributed by atoms with Crippen molar-refractivity contribution in [1.82, 2.24) is 10.6 Å². The normalized spacial score (nSPS) is 16.3. The Bertz CT molecular complexity index is 5380. The number of halogens is 2. The molecular weight excluding hydrogens is 2040 g/mol. The summed E-state index contributed by atoms with van der Waals surface area (Å²) in [6, 6.07) is 86.6. The van der Waals surface area contributed by atoms with Crippen LogP contribution in [0.2, 0.25) is 0 Å². The first-order valence-corrected chi connectivity index (χ1v) is 57.9. The summed E-state index contributed by atoms with van der Waals surface area (Å²) in [6.07, 6.45) is 25.7. The van der Waals surface area contributed by atoms with E-state index in [9.17, 15) is 34.4 Å². The number of allylic oxidation sites excluding steroid dienone is 1. The van der Waals surface area contributed by atoms with E-state index in [-0.39, 0.29) is 68.0 Å². The second-order valence-corrected chi connectivity index (χ2v) is 43.0. The van der Waals surface area contributed by atoms with Crippen molar-refractivity contribution in [2.45, 2.75) is 158 Å². The van der Waals surface area contributed by atoms with Crippen LogP contribution in [0.4, 0.5) is 39.8 Å². The van der Waals surface area contributed by atoms with Gasteiger partial charge in [-0.2, -0.15) is 0 Å². The summed E-state index contributed by atoms with van der Waals surface area (Å²) in [5, 5.41) is 54.8. The summed E-state index contributed by atoms with van der Waals surface area (Å²) in [4.78, 5) is 69.4. The van der Waals surface area contributed by atoms with Crippen molar-refractivity contribution in [3.05, 3.63) is 349 Å². The second kappa shape index (κ2) is 72.1. The van der Waals surface area contributed by atoms with Gasteiger partial charge in [-0.1, -0.05) is 229 Å². The number of nitrogens with one attached hydrogen (secondary N) is 8. The molecule has 137 heavy (non-hydrogen) atoms. The number of aryl methyl sites for hydroxylation is 7. The van der Waals surface area contributed by atoms with Crippen LogP contribution in [-0.4, -0.2) is 148 Å². The number of nitro groups is 2. The van der Waals surface area contributed by atoms with Crippen LogP contribution in [0.1, 0.15) is 161 Å². The number of aliphatic hydroxyl groups excluding tert-OH is 1. The Kier molecular flexibility index (Phi) is 62.8. The Morgan fingerprint density at radius 1 is 0.540 bits per heavy atom. The van der Waals surface area contributed by atoms with Crippen LogP contribution in [0, 0.1) is 20.2 Å². The van der Waals surface area contributed by atoms with Gasteiger partial charge < -0.3 is 64.4 Å². The molecule has 35 heteroatoms. The summed E-state index contributed by atoms with van der Waals surface area (Å²) in [5.41, 5.74) is 25.9. The SMILES string of the molecule is C1CO1.CI.CSC1CCCc2ccccc2N1.C[N+](=O)[O-].NCC1CCCc2ccccc2N1.O=C(Cl)c1ccccc1.O=C(NCC1CCCc2ccccc2N1)c1ccccc1.O=C(NCC1CCCc2ccccc2N1CCO)c1ccccc1.O=C1CCCc2ccccc2N1.O=[N+]([O-])/C=C1/CCCc2ccccc2N1.S=C1CCCc2ccccc2N1.S=PP=S=S=S=S.[AlH3].[H-].[Li+]. The van der Waals surface area contributed by atoms with Crippen LogP contribution in [0.15, 0.2) is 273 Å². The number of nitrogens with zero attached hydrogens (tertiary/aromatic N) is 3. The van der Waals surface area contributed by atoms with Gasteiger partial charge in [0, 0.05) is 126 Å². The van der Waals surface area contributed by atoms with Gasteiger partial charge in [0.25, 0.3) is 23.3 Å². The van der Waals surface area contributed by atoms with E-state index < -0.39 is 15.1 Å². The molecule has 18 rings (SSSR count). The van der Waals surface area contributed by atoms with E-state index in [4.69, 9.17) is 39.7 Å². The first-order chi connectivity index (χ1) is 65.8. The number of fused-ring (bicyclic) bond motifs is 7. The molecule has 0 spiro atoms. The number of para-hydroxylation sites is 7. The number of hydrogen-bond donors (Lipinski definition) is 10. The van der Waals surface area contributed by atoms with Crippen LogP contribution in [0.5, 0.6) is 0 Å². The fraction of sp³-hybridized carbons (Fsp3) is 0.343. The van der Waals surface area contributed by atoms with Crippen LogP contribution in [0.25, 0.3) is 0 Å². The van der Waals surface area contributed by atoms with Gasteiger partial charge in [0.2, 0.25) is 5.91 Å². The van der Waals surface area contributed by atoms with E-state index in [2.05, 4.69) is 225 Å². The van der Waals surface area contributed by atoms with E-state index in [1.54, 1.807) is 42.6 Å². The molecule has 0 saturated carbocycles. The Hall–Kier alpha value is -8.21. The first kappa shape index (κ1) is 119. The molecule has 0 aliphatic carbocycles. The molecule has 8 aliphatic heterocycles. The van der Waals surface area contributed by atoms with E-state index in [1.165, 1.54) is 128 Å². The van der Waals surface area contributed by atoms with Gasteiger partial charge in [-0.15, -0.1) is 11.8 Å². The van der Waals surface area contributed by atoms with Gasteiger partial charge in [0.05, 0.1) is 40.8 Å². The Labute approximate surface area is 882 Å². The van der Waals surface area contributed by atoms with Gasteiger partial charge in [0.1, 0.15) is 0 Å². The molecule has 11 N–H and O–H groups in total. The zero-order valence-electron chi connectivity index (χ0n) is 78.6. The zero-order valence-corrected chi connectivity index (χ0v) is 88.0. The van der Waals surface area contributed by atoms with Gasteiger partial charge in [-0.05, 0) is 307 Å². The van der Waals surface area contributed by atoms with Gasteiger partial charge in [-0.25, -0.2) is 0 Å². The summed E-state index contributed by atoms with van der Waals surface area (Å²) >= 11 is 23.6. The van der Waals surface area contributed by atoms with E-state index in [0.29, 0.717) is 65.9 Å². The number of nitrogens with two attached hydrogens (primary N) is 1. The average Bonchev–Trinajstić information content (AvgIpc) is 1.71. The predicted octanol–water partition coefficient (Wildman–Crippen LogP) is 18.7. The quantitative estimate of drug-likeness (QED) is 0.00590. The largest absolute Gasteiger partial charge is 1.00 e. The van der Waals surface area contributed by atoms with Crippen LogP contribution >= 0.6 is 72.3 Å². The fourth-order valence-electron chi connectivity index (χ4n) is 15.3. The Morgan fingerprint density at radius 3 is 1.37 bits per heavy atom. The van der Waals surface area contributed by atoms with Crippen molar-refractivity contribution in [3.8, 4) is 0 Å². The molecular formula is C102H128AlClILiN12O10P2S7. The van der Waals surface area contributed by atoms with Gasteiger partial charge in [0.15, 0.2) is 24.4 Å². The number of aliphatic hydroxyl groups is 1. The van der Waals surface area contributed by atoms with Crippen molar-refractivity contribution in [2.24, 2.45) is 5.73 Å². The molecule has 726 valence electrons. The van der Waals surface area contributed by atoms with Crippen molar-refractivity contribution >= 4 is 208 Å². The first-order valence-electron chi connectivity index (χ1n) is 45.1. The fourth-order valence-corrected chi connectivity index (χ4v) is 25.9. The van der Waals surface area contributed by atoms with Crippen LogP contribution in [-0.2, 0) is 105 Å². The molecule has 3 amide bonds. The van der Waals surface area contributed by atoms with Crippen molar-refractivity contribution < 1.29 is 59.2 Å². The minimum atomic E-state index is -0.500. The number of anilines is 7. The number of β-amino-alcohol motifs (C(OH)–C–C–N with tert-alkyl or cyclic N) is 1. The van der Waals surface area contributed by atoms with E-state index in [1.807, 2.05) is 132 Å². The molecule has 8 aliphatic rings. The zero-order chi connectivity index (χ0) is 96.8. The number of alkyl halides is 1. The number of amides is 3. The predicted molar refractivity (Wildman–Crippen MR) is 602 cm³/mol. The van der Waals surface area contributed by atoms with Crippen molar-refractivity contribution in [1.29, 1.82) is 0 Å². The number of epoxide rings is 1. The summed E-state index contributed by atoms with van der Waals surface area (Å²) in [7, 11) is 7.71. The molecule has 10 aromatic rings. The Morgan fingerprint density at radius 2 is 0.920 bits per heavy atom. The average molecular weight is 2160 g/mol. The van der Waals surface area contributed by atoms with Crippen LogP contribution < -0.4 is 72.0 Å². The summed E-state index contributed by atoms with van der Waals surface area (Å²) in [5.74, 6) is 0.0898. The number of rotatable bonds is 13. The van der Waals surface area contributed by atoms with Crippen molar-refractivity contribution in [3.63, 3.8) is 0 Å². The van der Waals surface area contributed by atoms with Gasteiger partial charge >= 0.3 is 18.9 Å². The molecule has 0 aromatic heterocycles. The third kappa shape index (κ3) is 48.2. The smallest absolute Gasteiger partial charge is 1.00 e. The number of carbonyl (C=O) groups excluding carboxylic acids is 4. The molecule has 8 heterocycles. The maximum absolute atomic E-state index is 12.3. The standard InChI is InChI=1S/C20H24N2O2.C18H20N2O.C11H12N2O2.C11H16N2.C11H15NS.C10H11NO.C10H11NS.C7H5ClO.C2H4O.CH3I.CH3NO2.Al.Li.P2S5.4H/c23-14-13-22-18(11-6-10-16-7-4-5-12-19(16)22)15-21-20(24)17-8-2-1-3-9-17;21-18(15-8-2-1-3-9-15)19-13-16-11-6-10-14-7-4-5-12-17(14)20-16;14-13(15)8-10-6-3-5-9-4-1-2-7-11(9)12-10;12-8-10-6-3-5-9-4-1-2-7-11(9)13-10;1-13-11-8-4-6-9-5-2-3-7-10(9)12-11;2*12-10-7-3-5-8-4-1-2-6-9(8)11-10;8-7(9)6-4-2-1-3-5-6;1-2-3-1;1-2;1-2(3)4;;;3-1-2-5-7-6-4;;;;/h1-5,7-9,12,18,23H,6,10-11,13-15H2,(H,21,24);1-5,7-9,12,16,20H,6,10-11,13H2,(H,19,21);1-2,4,7-8,12H,3,5-6H2;1-2,4,7,10,13H,3,5-6,8,12H2;2-3,5,7,11-12H,4,6,8H2,1H3;2*1-2,4,6H,3,5,7H2,(H,11,12);1-5H;1-2H2;1H3;1H3;;;;;;;/q;;;;;;;;;;;;+1;;;;;-1/b;;10-8-;;;;;;;;;;;;;;;. The number of benzene rings is 10. The number of ether oxygens (including phenoxy) is 1. The third-order valence-electron chi connectivity index (χ3n) is 21.8. The Balaban J connectivity index is 0.000000325. The number of hydrogen-bond acceptors (Lipinski definition) is 20. The topological polar surface area (TPSA) is 313 Å². The maximum atomic E-state index is 12.3. The number of carbonyl (C=O) groups is 4. The van der Waals surface area contributed by atoms with E-state index >= 15 is 0 Å². The molecule has 10 aromatic carbocycles. The minimum absolute atomic E-state index is 0. The van der Waals surface area contributed by atoms with Gasteiger partial charge in [-0.3, -0.25) is 39.4 Å². The van der Waals surface area contributed by atoms with Crippen molar-refractivity contribution in [2.75, 3.05) is 101 Å². The second-order valence-electron chi connectivity index (χ2n) is 31.4. The minimum Gasteiger partial charge on any atom is -1.00 e. The molecule has 4 atom stereocenters. The summed E-state index contributed by atoms with van der Waals surface area (Å²) < 4.78 is 4.50. The molecule has 22 nitrogen and oxygen atoms in total. The number of thiocarbonyl (C=S) groups is 1. The molecule has 0 bridgehead atoms. The number of thioether (sulfide) groups is 1. The monoisotopic (exact) mass is 2160 g/mol. The summed E-state index contributed by atoms with van der Waals surface area (Å²) in [6.45, 7) is 4.67. The van der Waals surface area contributed by atoms with E-state index in [0.717, 1.165) is 140 Å². The maximum Gasteiger partial charge on any atom is 1.00 e. The molecule has 0 radical (unpaired) electrons. The molecule has 4 unspecified atom stereocenters. The molecule has 1 fully saturated rings. The molecule has 1 saturated heterocycles. The third-order valence-corrected chi connectivity index (χ3v) is 33.2. The van der Waals surface area contributed by atoms with Crippen LogP contribution in [0.3, 0.4) is 0 Å².